The number of halogens is 3. The fraction of sp³-hybridized carbons (Fsp3) is 0.217. The van der Waals surface area contributed by atoms with Gasteiger partial charge in [-0.25, -0.2) is 9.69 Å². The molecule has 35 heavy (non-hydrogen) atoms. The quantitative estimate of drug-likeness (QED) is 0.411. The topological polar surface area (TPSA) is 119 Å². The summed E-state index contributed by atoms with van der Waals surface area (Å²) in [5.74, 6) is -1.64. The lowest BCUT2D eigenvalue weighted by Crippen LogP contribution is -2.49. The van der Waals surface area contributed by atoms with Gasteiger partial charge in [0.15, 0.2) is 5.76 Å². The number of ketones is 1. The average molecular weight is 488 g/mol. The molecule has 1 aromatic carbocycles. The molecule has 3 aromatic rings. The lowest BCUT2D eigenvalue weighted by molar-refractivity contribution is -0.274. The maximum atomic E-state index is 13.4. The van der Waals surface area contributed by atoms with Gasteiger partial charge >= 0.3 is 12.4 Å². The number of nitrogens with two attached hydrogens (primary N) is 1. The van der Waals surface area contributed by atoms with Crippen molar-refractivity contribution in [3.63, 3.8) is 0 Å². The van der Waals surface area contributed by atoms with Crippen LogP contribution in [0.3, 0.4) is 0 Å². The van der Waals surface area contributed by atoms with Crippen molar-refractivity contribution in [2.24, 2.45) is 5.73 Å². The number of furan rings is 1. The third-order valence-electron chi connectivity index (χ3n) is 5.50. The molecule has 3 amide bonds. The fourth-order valence-corrected chi connectivity index (χ4v) is 3.83. The number of carbonyl (C=O) groups is 3. The van der Waals surface area contributed by atoms with E-state index < -0.39 is 41.5 Å². The molecule has 0 radical (unpaired) electrons. The molecule has 0 spiro atoms. The molecule has 2 N–H and O–H groups in total. The second-order valence-corrected chi connectivity index (χ2v) is 8.11. The van der Waals surface area contributed by atoms with Gasteiger partial charge in [-0.3, -0.25) is 19.5 Å². The molecule has 4 rings (SSSR count). The van der Waals surface area contributed by atoms with Crippen LogP contribution in [0, 0.1) is 0 Å². The highest BCUT2D eigenvalue weighted by Crippen LogP contribution is 2.38. The van der Waals surface area contributed by atoms with E-state index in [9.17, 15) is 27.6 Å². The summed E-state index contributed by atoms with van der Waals surface area (Å²) in [6, 6.07) is 7.93. The molecule has 3 heterocycles. The highest BCUT2D eigenvalue weighted by atomic mass is 19.4. The van der Waals surface area contributed by atoms with E-state index in [-0.39, 0.29) is 22.6 Å². The first-order chi connectivity index (χ1) is 16.4. The molecule has 1 fully saturated rings. The highest BCUT2D eigenvalue weighted by molar-refractivity contribution is 6.23. The van der Waals surface area contributed by atoms with Gasteiger partial charge in [0.1, 0.15) is 17.5 Å². The Balaban J connectivity index is 1.67. The molecule has 9 nitrogen and oxygen atoms in total. The Bertz CT molecular complexity index is 1270. The van der Waals surface area contributed by atoms with Gasteiger partial charge < -0.3 is 14.9 Å². The molecular weight excluding hydrogens is 469 g/mol. The molecule has 2 aromatic heterocycles. The number of rotatable bonds is 6. The normalized spacial score (nSPS) is 16.5. The molecule has 0 bridgehead atoms. The van der Waals surface area contributed by atoms with E-state index >= 15 is 0 Å². The zero-order valence-corrected chi connectivity index (χ0v) is 18.4. The second-order valence-electron chi connectivity index (χ2n) is 8.11. The minimum absolute atomic E-state index is 0.0268. The Morgan fingerprint density at radius 2 is 1.83 bits per heavy atom. The molecule has 1 saturated heterocycles. The van der Waals surface area contributed by atoms with Crippen LogP contribution in [0.5, 0.6) is 5.75 Å². The Hall–Kier alpha value is -4.19. The number of nitrogens with zero attached hydrogens (tertiary/aromatic N) is 3. The van der Waals surface area contributed by atoms with Crippen LogP contribution in [0.2, 0.25) is 0 Å². The number of urea groups is 1. The minimum atomic E-state index is -4.89. The van der Waals surface area contributed by atoms with Gasteiger partial charge in [0.05, 0.1) is 17.5 Å². The van der Waals surface area contributed by atoms with Gasteiger partial charge in [0.25, 0.3) is 5.91 Å². The van der Waals surface area contributed by atoms with Crippen LogP contribution in [-0.4, -0.2) is 39.5 Å². The third-order valence-corrected chi connectivity index (χ3v) is 5.50. The van der Waals surface area contributed by atoms with Crippen LogP contribution in [0.15, 0.2) is 65.5 Å². The predicted octanol–water partition coefficient (Wildman–Crippen LogP) is 4.01. The van der Waals surface area contributed by atoms with Crippen molar-refractivity contribution < 1.29 is 36.7 Å². The molecule has 0 saturated carbocycles. The zero-order chi connectivity index (χ0) is 25.5. The summed E-state index contributed by atoms with van der Waals surface area (Å²) >= 11 is 0. The van der Waals surface area contributed by atoms with Crippen molar-refractivity contribution in [3.05, 3.63) is 78.0 Å². The fourth-order valence-electron chi connectivity index (χ4n) is 3.83. The number of hydrogen-bond acceptors (Lipinski definition) is 7. The monoisotopic (exact) mass is 488 g/mol. The number of alkyl halides is 3. The van der Waals surface area contributed by atoms with E-state index in [2.05, 4.69) is 9.72 Å². The van der Waals surface area contributed by atoms with Crippen molar-refractivity contribution >= 4 is 23.4 Å². The number of pyridine rings is 1. The van der Waals surface area contributed by atoms with Gasteiger partial charge in [0.2, 0.25) is 5.78 Å². The van der Waals surface area contributed by atoms with Gasteiger partial charge in [-0.2, -0.15) is 0 Å². The molecule has 1 aliphatic heterocycles. The lowest BCUT2D eigenvalue weighted by atomic mass is 9.98. The van der Waals surface area contributed by atoms with E-state index in [1.165, 1.54) is 50.7 Å². The van der Waals surface area contributed by atoms with Crippen LogP contribution in [-0.2, 0) is 4.79 Å². The van der Waals surface area contributed by atoms with Crippen LogP contribution in [0.4, 0.5) is 23.7 Å². The summed E-state index contributed by atoms with van der Waals surface area (Å²) in [5, 5.41) is 0. The number of carbonyl (C=O) groups excluding carboxylic acids is 3. The Kier molecular flexibility index (Phi) is 5.85. The first-order valence-electron chi connectivity index (χ1n) is 10.2. The molecule has 1 unspecified atom stereocenters. The Morgan fingerprint density at radius 1 is 1.14 bits per heavy atom. The smallest absolute Gasteiger partial charge is 0.461 e. The number of benzene rings is 1. The van der Waals surface area contributed by atoms with Gasteiger partial charge in [0, 0.05) is 18.0 Å². The summed E-state index contributed by atoms with van der Waals surface area (Å²) in [4.78, 5) is 45.4. The molecule has 182 valence electrons. The average Bonchev–Trinajstić information content (AvgIpc) is 3.38. The standard InChI is InChI=1S/C23H19F3N4O5/c1-22(2)20(32)29(13-5-7-14(8-6-13)35-23(24,25)26)21(33)30(22)19(27)15-9-10-28-12-16(15)18(31)17-4-3-11-34-17/h3-12,19H,27H2,1-2H3. The number of imide groups is 1. The second kappa shape index (κ2) is 8.55. The predicted molar refractivity (Wildman–Crippen MR) is 115 cm³/mol. The number of hydrogen-bond donors (Lipinski definition) is 1. The van der Waals surface area contributed by atoms with Crippen LogP contribution in [0.25, 0.3) is 0 Å². The molecular formula is C23H19F3N4O5. The first-order valence-corrected chi connectivity index (χ1v) is 10.2. The number of anilines is 1. The maximum Gasteiger partial charge on any atom is 0.573 e. The summed E-state index contributed by atoms with van der Waals surface area (Å²) in [6.45, 7) is 2.95. The van der Waals surface area contributed by atoms with Crippen LogP contribution >= 0.6 is 0 Å². The van der Waals surface area contributed by atoms with Crippen molar-refractivity contribution in [3.8, 4) is 5.75 Å². The summed E-state index contributed by atoms with van der Waals surface area (Å²) in [6.07, 6.45) is -2.12. The van der Waals surface area contributed by atoms with E-state index in [1.807, 2.05) is 0 Å². The van der Waals surface area contributed by atoms with Crippen molar-refractivity contribution in [2.45, 2.75) is 31.9 Å². The third kappa shape index (κ3) is 4.35. The minimum Gasteiger partial charge on any atom is -0.461 e. The molecule has 0 aliphatic carbocycles. The lowest BCUT2D eigenvalue weighted by Gasteiger charge is -2.33. The SMILES string of the molecule is CC1(C)C(=O)N(c2ccc(OC(F)(F)F)cc2)C(=O)N1C(N)c1ccncc1C(=O)c1ccco1. The first kappa shape index (κ1) is 24.0. The van der Waals surface area contributed by atoms with E-state index in [4.69, 9.17) is 10.2 Å². The number of amides is 3. The molecule has 1 atom stereocenters. The van der Waals surface area contributed by atoms with Gasteiger partial charge in [-0.15, -0.1) is 13.2 Å². The van der Waals surface area contributed by atoms with Crippen molar-refractivity contribution in [2.75, 3.05) is 4.90 Å². The van der Waals surface area contributed by atoms with Crippen molar-refractivity contribution in [1.82, 2.24) is 9.88 Å². The Labute approximate surface area is 196 Å². The summed E-state index contributed by atoms with van der Waals surface area (Å²) < 4.78 is 46.4. The molecule has 1 aliphatic rings. The molecule has 12 heteroatoms. The van der Waals surface area contributed by atoms with Gasteiger partial charge in [-0.05, 0) is 56.3 Å². The van der Waals surface area contributed by atoms with E-state index in [0.717, 1.165) is 34.1 Å². The van der Waals surface area contributed by atoms with Crippen LogP contribution < -0.4 is 15.4 Å². The maximum absolute atomic E-state index is 13.4. The van der Waals surface area contributed by atoms with Crippen molar-refractivity contribution in [1.29, 1.82) is 0 Å². The zero-order valence-electron chi connectivity index (χ0n) is 18.4. The number of ether oxygens (including phenoxy) is 1. The number of aromatic nitrogens is 1. The summed E-state index contributed by atoms with van der Waals surface area (Å²) in [5.41, 5.74) is 5.31. The highest BCUT2D eigenvalue weighted by Gasteiger charge is 2.54. The summed E-state index contributed by atoms with van der Waals surface area (Å²) in [7, 11) is 0. The Morgan fingerprint density at radius 3 is 2.43 bits per heavy atom. The van der Waals surface area contributed by atoms with Gasteiger partial charge in [-0.1, -0.05) is 0 Å². The van der Waals surface area contributed by atoms with Crippen LogP contribution in [0.1, 0.15) is 41.7 Å². The largest absolute Gasteiger partial charge is 0.573 e. The van der Waals surface area contributed by atoms with E-state index in [0.29, 0.717) is 0 Å². The van der Waals surface area contributed by atoms with E-state index in [1.54, 1.807) is 0 Å².